The Kier molecular flexibility index (Phi) is 34.0. The van der Waals surface area contributed by atoms with Crippen LogP contribution in [0.3, 0.4) is 0 Å². The van der Waals surface area contributed by atoms with E-state index in [1.807, 2.05) is 27.7 Å². The summed E-state index contributed by atoms with van der Waals surface area (Å²) in [5.41, 5.74) is 2.61. The minimum Gasteiger partial charge on any atom is -0.481 e. The van der Waals surface area contributed by atoms with Crippen molar-refractivity contribution in [1.82, 2.24) is 47.9 Å². The van der Waals surface area contributed by atoms with Gasteiger partial charge in [-0.1, -0.05) is 107 Å². The molecule has 0 aliphatic heterocycles. The Morgan fingerprint density at radius 3 is 1.36 bits per heavy atom. The van der Waals surface area contributed by atoms with E-state index in [2.05, 4.69) is 47.9 Å². The Morgan fingerprint density at radius 2 is 0.910 bits per heavy atom. The lowest BCUT2D eigenvalue weighted by atomic mass is 9.90. The lowest BCUT2D eigenvalue weighted by molar-refractivity contribution is -0.143. The van der Waals surface area contributed by atoms with Crippen molar-refractivity contribution in [2.24, 2.45) is 23.5 Å². The number of carboxylic acids is 3. The zero-order chi connectivity index (χ0) is 60.1. The maximum absolute atomic E-state index is 14.6. The second-order valence-electron chi connectivity index (χ2n) is 22.0. The molecular weight excluding hydrogens is 1020 g/mol. The first-order valence-electron chi connectivity index (χ1n) is 27.3. The number of nitrogens with one attached hydrogen (secondary N) is 9. The summed E-state index contributed by atoms with van der Waals surface area (Å²) >= 11 is 0. The van der Waals surface area contributed by atoms with Crippen molar-refractivity contribution >= 4 is 59.3 Å². The van der Waals surface area contributed by atoms with E-state index in [-0.39, 0.29) is 50.0 Å². The summed E-state index contributed by atoms with van der Waals surface area (Å²) in [6.45, 7) is 17.6. The van der Waals surface area contributed by atoms with Crippen molar-refractivity contribution in [1.29, 1.82) is 0 Å². The minimum absolute atomic E-state index is 0.0399. The molecule has 0 aliphatic rings. The van der Waals surface area contributed by atoms with E-state index >= 15 is 0 Å². The van der Waals surface area contributed by atoms with Crippen molar-refractivity contribution in [3.8, 4) is 0 Å². The number of aliphatic hydroxyl groups is 3. The number of unbranched alkanes of at least 4 members (excludes halogenated alkanes) is 6. The molecule has 0 rings (SSSR count). The molecule has 17 N–H and O–H groups in total. The van der Waals surface area contributed by atoms with Gasteiger partial charge in [0.25, 0.3) is 0 Å². The summed E-state index contributed by atoms with van der Waals surface area (Å²) in [7, 11) is 0. The monoisotopic (exact) mass is 1120 g/mol. The Balaban J connectivity index is 6.95. The first-order chi connectivity index (χ1) is 36.3. The molecule has 0 aromatic carbocycles. The molecule has 78 heavy (non-hydrogen) atoms. The van der Waals surface area contributed by atoms with E-state index in [0.717, 1.165) is 32.1 Å². The third-order valence-corrected chi connectivity index (χ3v) is 12.9. The van der Waals surface area contributed by atoms with Gasteiger partial charge >= 0.3 is 17.9 Å². The quantitative estimate of drug-likeness (QED) is 0.0278. The Labute approximate surface area is 459 Å². The fraction of sp³-hybridized carbons (Fsp3) is 0.808. The zero-order valence-corrected chi connectivity index (χ0v) is 47.8. The largest absolute Gasteiger partial charge is 0.481 e. The maximum atomic E-state index is 14.6. The third-order valence-electron chi connectivity index (χ3n) is 12.9. The molecule has 0 heterocycles. The van der Waals surface area contributed by atoms with E-state index < -0.39 is 145 Å². The van der Waals surface area contributed by atoms with Gasteiger partial charge in [-0.2, -0.15) is 0 Å². The van der Waals surface area contributed by atoms with Gasteiger partial charge in [0.15, 0.2) is 0 Å². The van der Waals surface area contributed by atoms with Gasteiger partial charge in [-0.25, -0.2) is 4.79 Å². The van der Waals surface area contributed by atoms with Gasteiger partial charge in [0.05, 0.1) is 31.0 Å². The van der Waals surface area contributed by atoms with Crippen LogP contribution in [0.4, 0.5) is 0 Å². The van der Waals surface area contributed by atoms with Crippen LogP contribution in [-0.2, 0) is 47.9 Å². The Morgan fingerprint density at radius 1 is 0.500 bits per heavy atom. The summed E-state index contributed by atoms with van der Waals surface area (Å²) in [6.07, 6.45) is 1.60. The van der Waals surface area contributed by atoms with Crippen LogP contribution >= 0.6 is 0 Å². The van der Waals surface area contributed by atoms with Crippen LogP contribution in [0.25, 0.3) is 0 Å². The Bertz CT molecular complexity index is 1940. The fourth-order valence-electron chi connectivity index (χ4n) is 8.41. The third kappa shape index (κ3) is 27.9. The summed E-state index contributed by atoms with van der Waals surface area (Å²) in [4.78, 5) is 133. The number of carbonyl (C=O) groups excluding carboxylic acids is 7. The normalized spacial score (nSPS) is 16.6. The first kappa shape index (κ1) is 72.5. The second-order valence-corrected chi connectivity index (χ2v) is 22.0. The molecule has 0 unspecified atom stereocenters. The molecule has 0 aromatic heterocycles. The average Bonchev–Trinajstić information content (AvgIpc) is 3.33. The molecule has 450 valence electrons. The molecule has 0 fully saturated rings. The van der Waals surface area contributed by atoms with Gasteiger partial charge in [0, 0.05) is 6.54 Å². The maximum Gasteiger partial charge on any atom is 0.328 e. The van der Waals surface area contributed by atoms with Gasteiger partial charge in [0.2, 0.25) is 41.4 Å². The number of aliphatic carboxylic acids is 3. The van der Waals surface area contributed by atoms with E-state index in [4.69, 9.17) is 5.73 Å². The lowest BCUT2D eigenvalue weighted by Crippen LogP contribution is -2.66. The van der Waals surface area contributed by atoms with Crippen LogP contribution < -0.4 is 53.6 Å². The van der Waals surface area contributed by atoms with Crippen molar-refractivity contribution in [3.05, 3.63) is 0 Å². The van der Waals surface area contributed by atoms with E-state index in [0.29, 0.717) is 25.7 Å². The number of nitrogens with two attached hydrogens (primary N) is 1. The lowest BCUT2D eigenvalue weighted by Gasteiger charge is -2.39. The highest BCUT2D eigenvalue weighted by Crippen LogP contribution is 2.22. The predicted molar refractivity (Wildman–Crippen MR) is 288 cm³/mol. The highest BCUT2D eigenvalue weighted by atomic mass is 16.4. The van der Waals surface area contributed by atoms with Gasteiger partial charge in [-0.05, 0) is 70.6 Å². The molecule has 0 saturated heterocycles. The van der Waals surface area contributed by atoms with Crippen LogP contribution in [0.1, 0.15) is 172 Å². The second kappa shape index (κ2) is 36.6. The van der Waals surface area contributed by atoms with Crippen LogP contribution in [0.15, 0.2) is 0 Å². The van der Waals surface area contributed by atoms with Crippen molar-refractivity contribution in [3.63, 3.8) is 0 Å². The summed E-state index contributed by atoms with van der Waals surface area (Å²) < 4.78 is 0. The Hall–Kier alpha value is -5.54. The number of carboxylic acid groups (broad SMARTS) is 3. The topological polar surface area (TPSA) is 426 Å². The van der Waals surface area contributed by atoms with E-state index in [1.54, 1.807) is 34.6 Å². The van der Waals surface area contributed by atoms with Crippen molar-refractivity contribution in [2.75, 3.05) is 13.2 Å². The van der Waals surface area contributed by atoms with Crippen molar-refractivity contribution in [2.45, 2.75) is 238 Å². The molecule has 11 atom stereocenters. The van der Waals surface area contributed by atoms with Crippen LogP contribution in [0.5, 0.6) is 0 Å². The van der Waals surface area contributed by atoms with E-state index in [9.17, 15) is 78.6 Å². The molecule has 0 radical (unpaired) electrons. The van der Waals surface area contributed by atoms with Crippen LogP contribution in [0, 0.1) is 17.8 Å². The molecule has 0 bridgehead atoms. The van der Waals surface area contributed by atoms with Gasteiger partial charge in [-0.3, -0.25) is 53.8 Å². The molecule has 7 amide bonds. The molecular formula is C52H96N10O16. The SMILES string of the molecule is CCCCCC[C@](C)(NC(=O)[C@H](CC(=O)O)NC(=O)[C@H](CC(C)C)N[C@@H](O)[C@](C)(CCCCCC)N[C@@H](O)CN)C(=O)N[C@@H](CC(C)C)C(=O)N[C@@H](CC(=O)O)C(=O)N[C@@H](CC(C)C)C(=O)N[C@@H](C)C(=O)N[C@@H](CO)C(=O)O. The van der Waals surface area contributed by atoms with E-state index in [1.165, 1.54) is 13.8 Å². The van der Waals surface area contributed by atoms with Gasteiger partial charge in [-0.15, -0.1) is 0 Å². The van der Waals surface area contributed by atoms with Gasteiger partial charge in [0.1, 0.15) is 54.2 Å². The molecule has 0 aliphatic carbocycles. The van der Waals surface area contributed by atoms with Gasteiger partial charge < -0.3 is 73.6 Å². The summed E-state index contributed by atoms with van der Waals surface area (Å²) in [5.74, 6) is -12.1. The number of aliphatic hydroxyl groups excluding tert-OH is 3. The smallest absolute Gasteiger partial charge is 0.328 e. The van der Waals surface area contributed by atoms with Crippen molar-refractivity contribution < 1.29 is 78.6 Å². The number of rotatable bonds is 42. The summed E-state index contributed by atoms with van der Waals surface area (Å²) in [5, 5.41) is 83.3. The average molecular weight is 1120 g/mol. The molecule has 26 heteroatoms. The number of hydrogen-bond donors (Lipinski definition) is 16. The summed E-state index contributed by atoms with van der Waals surface area (Å²) in [6, 6.07) is -10.7. The molecule has 0 saturated carbocycles. The minimum atomic E-state index is -1.88. The zero-order valence-electron chi connectivity index (χ0n) is 47.8. The van der Waals surface area contributed by atoms with Crippen LogP contribution in [-0.4, -0.2) is 169 Å². The molecule has 0 aromatic rings. The molecule has 0 spiro atoms. The fourth-order valence-corrected chi connectivity index (χ4v) is 8.41. The molecule has 26 nitrogen and oxygen atoms in total. The number of hydrogen-bond acceptors (Lipinski definition) is 16. The van der Waals surface area contributed by atoms with Crippen LogP contribution in [0.2, 0.25) is 0 Å². The predicted octanol–water partition coefficient (Wildman–Crippen LogP) is -0.203. The number of carbonyl (C=O) groups is 10. The first-order valence-corrected chi connectivity index (χ1v) is 27.3. The standard InChI is InChI=1S/C52H96N10O16/c1-12-14-16-18-20-51(10,61-39(64)27-53)49(77)59-35(24-31(7)8)45(72)57-37(26-41(67)68)47(74)62-52(11,21-19-17-15-13-2)50(78)60-34(23-30(5)6)44(71)56-36(25-40(65)66)46(73)55-33(22-29(3)4)43(70)54-32(9)42(69)58-38(28-63)48(75)76/h29-39,49,59,61,63-64,77H,12-28,53H2,1-11H3,(H,54,70)(H,55,73)(H,56,71)(H,57,72)(H,58,69)(H,60,78)(H,62,74)(H,65,66)(H,67,68)(H,75,76)/t32-,33-,34-,35-,36-,37-,38-,39-,49-,51-,52-/m0/s1. The highest BCUT2D eigenvalue weighted by molar-refractivity contribution is 6.00. The highest BCUT2D eigenvalue weighted by Gasteiger charge is 2.42. The number of amides is 7.